The third kappa shape index (κ3) is 5.36. The molecule has 192 valence electrons. The summed E-state index contributed by atoms with van der Waals surface area (Å²) < 4.78 is 80.4. The number of rotatable bonds is 4. The molecule has 0 radical (unpaired) electrons. The Hall–Kier alpha value is -4.24. The summed E-state index contributed by atoms with van der Waals surface area (Å²) in [4.78, 5) is 46.8. The van der Waals surface area contributed by atoms with Crippen LogP contribution in [0.4, 0.5) is 37.7 Å². The minimum absolute atomic E-state index is 0.222. The summed E-state index contributed by atoms with van der Waals surface area (Å²) in [5, 5.41) is 21.6. The van der Waals surface area contributed by atoms with E-state index in [9.17, 15) is 56.2 Å². The third-order valence-corrected chi connectivity index (χ3v) is 5.35. The Morgan fingerprint density at radius 3 is 1.22 bits per heavy atom. The molecule has 2 aromatic rings. The summed E-state index contributed by atoms with van der Waals surface area (Å²) in [5.74, 6) is -2.26. The predicted molar refractivity (Wildman–Crippen MR) is 108 cm³/mol. The van der Waals surface area contributed by atoms with Crippen molar-refractivity contribution < 1.29 is 45.8 Å². The second kappa shape index (κ2) is 9.43. The molecule has 0 spiro atoms. The number of nitro groups is 2. The number of carbonyl (C=O) groups excluding carboxylic acids is 2. The van der Waals surface area contributed by atoms with Crippen LogP contribution in [-0.4, -0.2) is 57.6 Å². The Bertz CT molecular complexity index is 1140. The number of alkyl halides is 6. The van der Waals surface area contributed by atoms with Crippen LogP contribution in [0.15, 0.2) is 36.4 Å². The van der Waals surface area contributed by atoms with Crippen molar-refractivity contribution in [3.63, 3.8) is 0 Å². The number of nitro benzene ring substituents is 2. The van der Waals surface area contributed by atoms with E-state index >= 15 is 0 Å². The lowest BCUT2D eigenvalue weighted by molar-refractivity contribution is -0.385. The highest BCUT2D eigenvalue weighted by Crippen LogP contribution is 2.36. The number of nitrogens with zero attached hydrogens (tertiary/aromatic N) is 4. The zero-order chi connectivity index (χ0) is 27.0. The molecule has 2 aromatic carbocycles. The molecule has 0 atom stereocenters. The SMILES string of the molecule is O=C(c1ccc([N+](=O)[O-])cc1C(F)(F)F)N1CCN(C(=O)c2ccc([N+](=O)[O-])cc2C(F)(F)F)CC1. The summed E-state index contributed by atoms with van der Waals surface area (Å²) in [7, 11) is 0. The van der Waals surface area contributed by atoms with E-state index in [4.69, 9.17) is 0 Å². The average molecular weight is 520 g/mol. The van der Waals surface area contributed by atoms with Crippen molar-refractivity contribution in [3.8, 4) is 0 Å². The van der Waals surface area contributed by atoms with Gasteiger partial charge in [0, 0.05) is 50.4 Å². The van der Waals surface area contributed by atoms with Crippen molar-refractivity contribution in [3.05, 3.63) is 78.9 Å². The van der Waals surface area contributed by atoms with Gasteiger partial charge in [-0.1, -0.05) is 0 Å². The van der Waals surface area contributed by atoms with Gasteiger partial charge in [0.25, 0.3) is 23.2 Å². The zero-order valence-electron chi connectivity index (χ0n) is 17.8. The summed E-state index contributed by atoms with van der Waals surface area (Å²) in [6.45, 7) is -1.36. The van der Waals surface area contributed by atoms with E-state index in [1.165, 1.54) is 0 Å². The summed E-state index contributed by atoms with van der Waals surface area (Å²) >= 11 is 0. The van der Waals surface area contributed by atoms with Gasteiger partial charge in [-0.05, 0) is 12.1 Å². The Morgan fingerprint density at radius 1 is 0.667 bits per heavy atom. The molecule has 1 fully saturated rings. The van der Waals surface area contributed by atoms with E-state index < -0.39 is 67.6 Å². The zero-order valence-corrected chi connectivity index (χ0v) is 17.8. The Labute approximate surface area is 197 Å². The van der Waals surface area contributed by atoms with Gasteiger partial charge in [-0.2, -0.15) is 26.3 Å². The first-order chi connectivity index (χ1) is 16.6. The Balaban J connectivity index is 1.81. The second-order valence-corrected chi connectivity index (χ2v) is 7.55. The van der Waals surface area contributed by atoms with Crippen molar-refractivity contribution in [2.24, 2.45) is 0 Å². The van der Waals surface area contributed by atoms with E-state index in [1.807, 2.05) is 0 Å². The molecule has 1 saturated heterocycles. The van der Waals surface area contributed by atoms with Crippen molar-refractivity contribution in [1.82, 2.24) is 9.80 Å². The van der Waals surface area contributed by atoms with E-state index in [2.05, 4.69) is 0 Å². The van der Waals surface area contributed by atoms with Crippen LogP contribution in [0.25, 0.3) is 0 Å². The largest absolute Gasteiger partial charge is 0.417 e. The van der Waals surface area contributed by atoms with Gasteiger partial charge in [-0.3, -0.25) is 29.8 Å². The smallest absolute Gasteiger partial charge is 0.335 e. The van der Waals surface area contributed by atoms with Crippen LogP contribution in [0, 0.1) is 20.2 Å². The van der Waals surface area contributed by atoms with Crippen LogP contribution in [0.3, 0.4) is 0 Å². The number of hydrogen-bond acceptors (Lipinski definition) is 6. The fourth-order valence-corrected chi connectivity index (χ4v) is 3.59. The van der Waals surface area contributed by atoms with Crippen LogP contribution in [0.2, 0.25) is 0 Å². The first-order valence-electron chi connectivity index (χ1n) is 9.91. The van der Waals surface area contributed by atoms with Crippen LogP contribution in [0.1, 0.15) is 31.8 Å². The van der Waals surface area contributed by atoms with E-state index in [0.29, 0.717) is 12.1 Å². The number of carbonyl (C=O) groups is 2. The summed E-state index contributed by atoms with van der Waals surface area (Å²) in [6.07, 6.45) is -10.2. The Kier molecular flexibility index (Phi) is 6.90. The van der Waals surface area contributed by atoms with Gasteiger partial charge in [-0.25, -0.2) is 0 Å². The van der Waals surface area contributed by atoms with Crippen LogP contribution in [0.5, 0.6) is 0 Å². The van der Waals surface area contributed by atoms with E-state index in [-0.39, 0.29) is 38.3 Å². The molecule has 3 rings (SSSR count). The number of hydrogen-bond donors (Lipinski definition) is 0. The fourth-order valence-electron chi connectivity index (χ4n) is 3.59. The number of benzene rings is 2. The average Bonchev–Trinajstić information content (AvgIpc) is 2.81. The van der Waals surface area contributed by atoms with Gasteiger partial charge in [0.15, 0.2) is 0 Å². The molecule has 36 heavy (non-hydrogen) atoms. The molecule has 0 aromatic heterocycles. The van der Waals surface area contributed by atoms with Crippen molar-refractivity contribution in [1.29, 1.82) is 0 Å². The highest BCUT2D eigenvalue weighted by atomic mass is 19.4. The van der Waals surface area contributed by atoms with Crippen molar-refractivity contribution in [2.45, 2.75) is 12.4 Å². The second-order valence-electron chi connectivity index (χ2n) is 7.55. The molecule has 0 bridgehead atoms. The van der Waals surface area contributed by atoms with Crippen LogP contribution >= 0.6 is 0 Å². The molecule has 10 nitrogen and oxygen atoms in total. The number of non-ortho nitro benzene ring substituents is 2. The number of piperazine rings is 1. The maximum atomic E-state index is 13.4. The normalized spacial score (nSPS) is 14.5. The van der Waals surface area contributed by atoms with E-state index in [0.717, 1.165) is 21.9 Å². The van der Waals surface area contributed by atoms with Gasteiger partial charge in [0.2, 0.25) is 0 Å². The monoisotopic (exact) mass is 520 g/mol. The summed E-state index contributed by atoms with van der Waals surface area (Å²) in [6, 6.07) is 3.23. The third-order valence-electron chi connectivity index (χ3n) is 5.35. The first kappa shape index (κ1) is 26.4. The molecule has 1 aliphatic heterocycles. The van der Waals surface area contributed by atoms with Crippen LogP contribution in [-0.2, 0) is 12.4 Å². The van der Waals surface area contributed by atoms with Gasteiger partial charge < -0.3 is 9.80 Å². The minimum Gasteiger partial charge on any atom is -0.335 e. The molecular weight excluding hydrogens is 506 g/mol. The molecule has 1 aliphatic rings. The van der Waals surface area contributed by atoms with Gasteiger partial charge in [0.05, 0.1) is 32.1 Å². The molecule has 0 aliphatic carbocycles. The molecular formula is C20H14F6N4O6. The Morgan fingerprint density at radius 2 is 0.972 bits per heavy atom. The lowest BCUT2D eigenvalue weighted by atomic mass is 10.0. The first-order valence-corrected chi connectivity index (χ1v) is 9.91. The molecule has 16 heteroatoms. The standard InChI is InChI=1S/C20H14F6N4O6/c21-19(22,23)15-9-11(29(33)34)1-3-13(15)17(31)27-5-7-28(8-6-27)18(32)14-4-2-12(30(35)36)10-16(14)20(24,25)26/h1-4,9-10H,5-8H2. The van der Waals surface area contributed by atoms with Gasteiger partial charge >= 0.3 is 12.4 Å². The highest BCUT2D eigenvalue weighted by Gasteiger charge is 2.40. The van der Waals surface area contributed by atoms with E-state index in [1.54, 1.807) is 0 Å². The molecule has 0 saturated carbocycles. The molecule has 1 heterocycles. The highest BCUT2D eigenvalue weighted by molar-refractivity contribution is 5.98. The van der Waals surface area contributed by atoms with Crippen LogP contribution < -0.4 is 0 Å². The predicted octanol–water partition coefficient (Wildman–Crippen LogP) is 4.14. The fraction of sp³-hybridized carbons (Fsp3) is 0.300. The maximum absolute atomic E-state index is 13.4. The molecule has 2 amide bonds. The maximum Gasteiger partial charge on any atom is 0.417 e. The number of amides is 2. The molecule has 0 N–H and O–H groups in total. The summed E-state index contributed by atoms with van der Waals surface area (Å²) in [5.41, 5.74) is -6.53. The lowest BCUT2D eigenvalue weighted by Crippen LogP contribution is -2.51. The van der Waals surface area contributed by atoms with Crippen molar-refractivity contribution in [2.75, 3.05) is 26.2 Å². The quantitative estimate of drug-likeness (QED) is 0.339. The van der Waals surface area contributed by atoms with Gasteiger partial charge in [0.1, 0.15) is 0 Å². The lowest BCUT2D eigenvalue weighted by Gasteiger charge is -2.35. The molecule has 0 unspecified atom stereocenters. The number of halogens is 6. The minimum atomic E-state index is -5.08. The van der Waals surface area contributed by atoms with Crippen molar-refractivity contribution >= 4 is 23.2 Å². The van der Waals surface area contributed by atoms with Gasteiger partial charge in [-0.15, -0.1) is 0 Å². The topological polar surface area (TPSA) is 127 Å².